The Bertz CT molecular complexity index is 382. The lowest BCUT2D eigenvalue weighted by Gasteiger charge is -2.38. The Morgan fingerprint density at radius 3 is 2.33 bits per heavy atom. The van der Waals surface area contributed by atoms with Gasteiger partial charge in [0.25, 0.3) is 0 Å². The molecule has 2 nitrogen and oxygen atoms in total. The van der Waals surface area contributed by atoms with Crippen LogP contribution in [-0.4, -0.2) is 6.04 Å². The molecule has 1 unspecified atom stereocenters. The van der Waals surface area contributed by atoms with Gasteiger partial charge in [0.05, 0.1) is 0 Å². The number of benzene rings is 1. The van der Waals surface area contributed by atoms with Crippen LogP contribution in [0.1, 0.15) is 76.7 Å². The topological polar surface area (TPSA) is 38.0 Å². The molecule has 1 fully saturated rings. The van der Waals surface area contributed by atoms with Crippen molar-refractivity contribution in [2.75, 3.05) is 0 Å². The van der Waals surface area contributed by atoms with Gasteiger partial charge < -0.3 is 0 Å². The molecule has 0 saturated heterocycles. The molecule has 1 aliphatic rings. The van der Waals surface area contributed by atoms with Crippen molar-refractivity contribution in [3.05, 3.63) is 35.9 Å². The van der Waals surface area contributed by atoms with Crippen LogP contribution in [0.25, 0.3) is 0 Å². The first-order valence-electron chi connectivity index (χ1n) is 8.85. The zero-order valence-corrected chi connectivity index (χ0v) is 13.6. The van der Waals surface area contributed by atoms with E-state index in [-0.39, 0.29) is 5.41 Å². The van der Waals surface area contributed by atoms with Gasteiger partial charge in [-0.2, -0.15) is 0 Å². The van der Waals surface area contributed by atoms with Gasteiger partial charge in [-0.1, -0.05) is 82.2 Å². The fraction of sp³-hybridized carbons (Fsp3) is 0.684. The van der Waals surface area contributed by atoms with Crippen molar-refractivity contribution in [2.24, 2.45) is 5.84 Å². The minimum atomic E-state index is 0.265. The molecular formula is C19H32N2. The molecule has 0 heterocycles. The quantitative estimate of drug-likeness (QED) is 0.393. The van der Waals surface area contributed by atoms with Crippen LogP contribution < -0.4 is 11.3 Å². The van der Waals surface area contributed by atoms with Crippen LogP contribution in [0.3, 0.4) is 0 Å². The molecular weight excluding hydrogens is 256 g/mol. The fourth-order valence-electron chi connectivity index (χ4n) is 4.09. The Balaban J connectivity index is 2.01. The van der Waals surface area contributed by atoms with Crippen molar-refractivity contribution >= 4 is 0 Å². The zero-order valence-electron chi connectivity index (χ0n) is 13.6. The van der Waals surface area contributed by atoms with E-state index >= 15 is 0 Å². The maximum Gasteiger partial charge on any atom is 0.0307 e. The number of nitrogens with two attached hydrogens (primary N) is 1. The standard InChI is InChI=1S/C19H32N2/c1-2-3-4-5-9-14-18(21-20)19(15-10-11-16-19)17-12-7-6-8-13-17/h6-8,12-13,18,21H,2-5,9-11,14-16,20H2,1H3. The molecule has 1 aliphatic carbocycles. The van der Waals surface area contributed by atoms with Crippen LogP contribution in [0.5, 0.6) is 0 Å². The van der Waals surface area contributed by atoms with Crippen LogP contribution in [0.2, 0.25) is 0 Å². The van der Waals surface area contributed by atoms with Crippen LogP contribution in [0, 0.1) is 0 Å². The maximum absolute atomic E-state index is 5.97. The van der Waals surface area contributed by atoms with E-state index in [1.807, 2.05) is 0 Å². The predicted octanol–water partition coefficient (Wildman–Crippen LogP) is 4.69. The smallest absolute Gasteiger partial charge is 0.0307 e. The Labute approximate surface area is 130 Å². The van der Waals surface area contributed by atoms with Gasteiger partial charge in [0.1, 0.15) is 0 Å². The number of rotatable bonds is 9. The molecule has 1 saturated carbocycles. The van der Waals surface area contributed by atoms with Gasteiger partial charge in [0.2, 0.25) is 0 Å². The highest BCUT2D eigenvalue weighted by atomic mass is 15.2. The van der Waals surface area contributed by atoms with Crippen LogP contribution in [0.4, 0.5) is 0 Å². The minimum Gasteiger partial charge on any atom is -0.271 e. The van der Waals surface area contributed by atoms with Gasteiger partial charge in [-0.15, -0.1) is 0 Å². The second-order valence-electron chi connectivity index (χ2n) is 6.65. The first-order valence-corrected chi connectivity index (χ1v) is 8.85. The van der Waals surface area contributed by atoms with Gasteiger partial charge in [0.15, 0.2) is 0 Å². The van der Waals surface area contributed by atoms with Gasteiger partial charge in [-0.25, -0.2) is 0 Å². The molecule has 118 valence electrons. The monoisotopic (exact) mass is 288 g/mol. The van der Waals surface area contributed by atoms with Crippen molar-refractivity contribution in [1.82, 2.24) is 5.43 Å². The van der Waals surface area contributed by atoms with Crippen molar-refractivity contribution in [3.8, 4) is 0 Å². The van der Waals surface area contributed by atoms with E-state index < -0.39 is 0 Å². The number of nitrogens with one attached hydrogen (secondary N) is 1. The molecule has 21 heavy (non-hydrogen) atoms. The zero-order chi connectivity index (χ0) is 15.0. The molecule has 0 radical (unpaired) electrons. The Hall–Kier alpha value is -0.860. The molecule has 0 aromatic heterocycles. The molecule has 0 bridgehead atoms. The number of hydrogen-bond donors (Lipinski definition) is 2. The lowest BCUT2D eigenvalue weighted by molar-refractivity contribution is 0.276. The summed E-state index contributed by atoms with van der Waals surface area (Å²) in [5.41, 5.74) is 4.92. The van der Waals surface area contributed by atoms with Gasteiger partial charge in [-0.05, 0) is 24.8 Å². The molecule has 2 heteroatoms. The van der Waals surface area contributed by atoms with Gasteiger partial charge in [-0.3, -0.25) is 11.3 Å². The average molecular weight is 288 g/mol. The highest BCUT2D eigenvalue weighted by molar-refractivity contribution is 5.29. The number of hydrogen-bond acceptors (Lipinski definition) is 2. The third-order valence-corrected chi connectivity index (χ3v) is 5.31. The van der Waals surface area contributed by atoms with Crippen molar-refractivity contribution in [1.29, 1.82) is 0 Å². The summed E-state index contributed by atoms with van der Waals surface area (Å²) in [7, 11) is 0. The summed E-state index contributed by atoms with van der Waals surface area (Å²) >= 11 is 0. The van der Waals surface area contributed by atoms with E-state index in [0.29, 0.717) is 6.04 Å². The van der Waals surface area contributed by atoms with Gasteiger partial charge >= 0.3 is 0 Å². The summed E-state index contributed by atoms with van der Waals surface area (Å²) in [6.07, 6.45) is 13.1. The van der Waals surface area contributed by atoms with E-state index in [4.69, 9.17) is 5.84 Å². The SMILES string of the molecule is CCCCCCCC(NN)C1(c2ccccc2)CCCC1. The molecule has 3 N–H and O–H groups in total. The first-order chi connectivity index (χ1) is 10.3. The molecule has 1 aromatic carbocycles. The normalized spacial score (nSPS) is 18.8. The minimum absolute atomic E-state index is 0.265. The Morgan fingerprint density at radius 1 is 1.05 bits per heavy atom. The van der Waals surface area contributed by atoms with E-state index in [1.165, 1.54) is 69.8 Å². The number of hydrazine groups is 1. The highest BCUT2D eigenvalue weighted by Gasteiger charge is 2.41. The van der Waals surface area contributed by atoms with Crippen LogP contribution in [0.15, 0.2) is 30.3 Å². The summed E-state index contributed by atoms with van der Waals surface area (Å²) in [6.45, 7) is 2.27. The Morgan fingerprint density at radius 2 is 1.71 bits per heavy atom. The first kappa shape index (κ1) is 16.5. The lowest BCUT2D eigenvalue weighted by Crippen LogP contribution is -2.50. The molecule has 0 aliphatic heterocycles. The average Bonchev–Trinajstić information content (AvgIpc) is 3.02. The van der Waals surface area contributed by atoms with E-state index in [9.17, 15) is 0 Å². The molecule has 1 atom stereocenters. The molecule has 0 spiro atoms. The van der Waals surface area contributed by atoms with Crippen LogP contribution >= 0.6 is 0 Å². The van der Waals surface area contributed by atoms with Gasteiger partial charge in [0, 0.05) is 11.5 Å². The lowest BCUT2D eigenvalue weighted by atomic mass is 9.71. The molecule has 0 amide bonds. The third-order valence-electron chi connectivity index (χ3n) is 5.31. The van der Waals surface area contributed by atoms with E-state index in [2.05, 4.69) is 42.7 Å². The summed E-state index contributed by atoms with van der Waals surface area (Å²) < 4.78 is 0. The second kappa shape index (κ2) is 8.55. The summed E-state index contributed by atoms with van der Waals surface area (Å²) in [5, 5.41) is 0. The predicted molar refractivity (Wildman–Crippen MR) is 91.1 cm³/mol. The summed E-state index contributed by atoms with van der Waals surface area (Å²) in [5.74, 6) is 5.97. The Kier molecular flexibility index (Phi) is 6.72. The maximum atomic E-state index is 5.97. The van der Waals surface area contributed by atoms with Crippen molar-refractivity contribution < 1.29 is 0 Å². The van der Waals surface area contributed by atoms with Crippen LogP contribution in [-0.2, 0) is 5.41 Å². The van der Waals surface area contributed by atoms with Crippen molar-refractivity contribution in [3.63, 3.8) is 0 Å². The number of unbranched alkanes of at least 4 members (excludes halogenated alkanes) is 4. The fourth-order valence-corrected chi connectivity index (χ4v) is 4.09. The molecule has 2 rings (SSSR count). The van der Waals surface area contributed by atoms with Crippen molar-refractivity contribution in [2.45, 2.75) is 82.6 Å². The summed E-state index contributed by atoms with van der Waals surface area (Å²) in [4.78, 5) is 0. The van der Waals surface area contributed by atoms with E-state index in [0.717, 1.165) is 0 Å². The second-order valence-corrected chi connectivity index (χ2v) is 6.65. The highest BCUT2D eigenvalue weighted by Crippen LogP contribution is 2.44. The third kappa shape index (κ3) is 4.08. The summed E-state index contributed by atoms with van der Waals surface area (Å²) in [6, 6.07) is 11.5. The molecule has 1 aromatic rings. The largest absolute Gasteiger partial charge is 0.271 e. The van der Waals surface area contributed by atoms with E-state index in [1.54, 1.807) is 0 Å².